The first-order chi connectivity index (χ1) is 6.88. The van der Waals surface area contributed by atoms with E-state index < -0.39 is 0 Å². The molecule has 15 heavy (non-hydrogen) atoms. The first kappa shape index (κ1) is 12.2. The van der Waals surface area contributed by atoms with Gasteiger partial charge in [-0.15, -0.1) is 0 Å². The van der Waals surface area contributed by atoms with Crippen LogP contribution in [0.25, 0.3) is 0 Å². The Balaban J connectivity index is 3.06. The number of nitrogens with zero attached hydrogens (tertiary/aromatic N) is 2. The molecule has 0 saturated carbocycles. The van der Waals surface area contributed by atoms with Crippen LogP contribution in [0, 0.1) is 5.82 Å². The van der Waals surface area contributed by atoms with E-state index in [1.807, 2.05) is 25.8 Å². The van der Waals surface area contributed by atoms with E-state index in [1.165, 1.54) is 12.3 Å². The maximum Gasteiger partial charge on any atom is 0.167 e. The number of aromatic nitrogens is 1. The van der Waals surface area contributed by atoms with Crippen molar-refractivity contribution in [1.82, 2.24) is 4.98 Å². The van der Waals surface area contributed by atoms with Gasteiger partial charge < -0.3 is 4.90 Å². The molecule has 0 aliphatic heterocycles. The Morgan fingerprint density at radius 2 is 2.13 bits per heavy atom. The summed E-state index contributed by atoms with van der Waals surface area (Å²) in [4.78, 5) is 5.84. The summed E-state index contributed by atoms with van der Waals surface area (Å²) in [7, 11) is 1.84. The van der Waals surface area contributed by atoms with E-state index in [-0.39, 0.29) is 11.4 Å². The van der Waals surface area contributed by atoms with Crippen molar-refractivity contribution in [2.45, 2.75) is 32.7 Å². The fraction of sp³-hybridized carbons (Fsp3) is 0.545. The van der Waals surface area contributed by atoms with E-state index in [9.17, 15) is 4.39 Å². The molecule has 1 aromatic rings. The maximum absolute atomic E-state index is 13.6. The summed E-state index contributed by atoms with van der Waals surface area (Å²) in [5.74, 6) is -0.0437. The van der Waals surface area contributed by atoms with Gasteiger partial charge in [-0.25, -0.2) is 9.37 Å². The van der Waals surface area contributed by atoms with E-state index >= 15 is 0 Å². The molecule has 0 bridgehead atoms. The van der Waals surface area contributed by atoms with Gasteiger partial charge in [0.2, 0.25) is 0 Å². The zero-order chi connectivity index (χ0) is 11.6. The zero-order valence-electron chi connectivity index (χ0n) is 9.51. The smallest absolute Gasteiger partial charge is 0.167 e. The summed E-state index contributed by atoms with van der Waals surface area (Å²) >= 11 is 5.65. The molecule has 0 aliphatic carbocycles. The van der Waals surface area contributed by atoms with Crippen LogP contribution in [0.4, 0.5) is 10.2 Å². The first-order valence-corrected chi connectivity index (χ1v) is 5.31. The molecule has 0 spiro atoms. The SMILES string of the molecule is CCC(C)(C)N(C)c1ncc(Cl)cc1F. The lowest BCUT2D eigenvalue weighted by molar-refractivity contribution is 0.458. The lowest BCUT2D eigenvalue weighted by Gasteiger charge is -2.35. The third kappa shape index (κ3) is 2.59. The molecule has 4 heteroatoms. The van der Waals surface area contributed by atoms with Crippen molar-refractivity contribution in [3.63, 3.8) is 0 Å². The molecule has 0 aromatic carbocycles. The first-order valence-electron chi connectivity index (χ1n) is 4.93. The molecule has 1 aromatic heterocycles. The van der Waals surface area contributed by atoms with Crippen LogP contribution < -0.4 is 4.90 Å². The molecule has 1 heterocycles. The second kappa shape index (κ2) is 4.35. The van der Waals surface area contributed by atoms with Gasteiger partial charge in [-0.05, 0) is 26.3 Å². The molecule has 0 unspecified atom stereocenters. The van der Waals surface area contributed by atoms with Gasteiger partial charge in [-0.1, -0.05) is 18.5 Å². The van der Waals surface area contributed by atoms with Crippen molar-refractivity contribution in [3.05, 3.63) is 23.1 Å². The summed E-state index contributed by atoms with van der Waals surface area (Å²) in [6.07, 6.45) is 2.37. The highest BCUT2D eigenvalue weighted by Gasteiger charge is 2.24. The minimum absolute atomic E-state index is 0.123. The Labute approximate surface area is 95.1 Å². The van der Waals surface area contributed by atoms with Gasteiger partial charge >= 0.3 is 0 Å². The van der Waals surface area contributed by atoms with Crippen LogP contribution in [0.5, 0.6) is 0 Å². The second-order valence-corrected chi connectivity index (χ2v) is 4.62. The third-order valence-electron chi connectivity index (χ3n) is 2.88. The average Bonchev–Trinajstić information content (AvgIpc) is 2.17. The Morgan fingerprint density at radius 3 is 2.60 bits per heavy atom. The zero-order valence-corrected chi connectivity index (χ0v) is 10.3. The highest BCUT2D eigenvalue weighted by molar-refractivity contribution is 6.30. The monoisotopic (exact) mass is 230 g/mol. The molecule has 0 fully saturated rings. The number of rotatable bonds is 3. The molecular formula is C11H16ClFN2. The normalized spacial score (nSPS) is 11.6. The fourth-order valence-electron chi connectivity index (χ4n) is 1.18. The van der Waals surface area contributed by atoms with Crippen LogP contribution >= 0.6 is 11.6 Å². The number of pyridine rings is 1. The van der Waals surface area contributed by atoms with E-state index in [4.69, 9.17) is 11.6 Å². The van der Waals surface area contributed by atoms with Gasteiger partial charge in [-0.3, -0.25) is 0 Å². The van der Waals surface area contributed by atoms with Crippen LogP contribution in [0.3, 0.4) is 0 Å². The largest absolute Gasteiger partial charge is 0.352 e. The van der Waals surface area contributed by atoms with E-state index in [0.717, 1.165) is 6.42 Å². The van der Waals surface area contributed by atoms with Gasteiger partial charge in [0.15, 0.2) is 11.6 Å². The number of halogens is 2. The number of hydrogen-bond donors (Lipinski definition) is 0. The Morgan fingerprint density at radius 1 is 1.53 bits per heavy atom. The van der Waals surface area contributed by atoms with Gasteiger partial charge in [0.25, 0.3) is 0 Å². The predicted octanol–water partition coefficient (Wildman–Crippen LogP) is 3.50. The van der Waals surface area contributed by atoms with Crippen molar-refractivity contribution in [2.24, 2.45) is 0 Å². The fourth-order valence-corrected chi connectivity index (χ4v) is 1.32. The summed E-state index contributed by atoms with van der Waals surface area (Å²) in [6, 6.07) is 1.28. The maximum atomic E-state index is 13.6. The van der Waals surface area contributed by atoms with Gasteiger partial charge in [0, 0.05) is 18.8 Å². The Bertz CT molecular complexity index is 352. The second-order valence-electron chi connectivity index (χ2n) is 4.18. The van der Waals surface area contributed by atoms with Crippen molar-refractivity contribution in [2.75, 3.05) is 11.9 Å². The Hall–Kier alpha value is -0.830. The van der Waals surface area contributed by atoms with Gasteiger partial charge in [-0.2, -0.15) is 0 Å². The highest BCUT2D eigenvalue weighted by Crippen LogP contribution is 2.26. The van der Waals surface area contributed by atoms with Crippen molar-refractivity contribution in [3.8, 4) is 0 Å². The van der Waals surface area contributed by atoms with Gasteiger partial charge in [0.05, 0.1) is 5.02 Å². The summed E-state index contributed by atoms with van der Waals surface area (Å²) in [5.41, 5.74) is -0.123. The van der Waals surface area contributed by atoms with Gasteiger partial charge in [0.1, 0.15) is 0 Å². The predicted molar refractivity (Wildman–Crippen MR) is 62.0 cm³/mol. The molecule has 0 N–H and O–H groups in total. The van der Waals surface area contributed by atoms with Crippen LogP contribution in [-0.2, 0) is 0 Å². The van der Waals surface area contributed by atoms with E-state index in [1.54, 1.807) is 0 Å². The van der Waals surface area contributed by atoms with E-state index in [0.29, 0.717) is 10.8 Å². The molecule has 0 radical (unpaired) electrons. The number of hydrogen-bond acceptors (Lipinski definition) is 2. The van der Waals surface area contributed by atoms with Crippen molar-refractivity contribution < 1.29 is 4.39 Å². The minimum Gasteiger partial charge on any atom is -0.352 e. The van der Waals surface area contributed by atoms with Crippen molar-refractivity contribution >= 4 is 17.4 Å². The molecule has 0 amide bonds. The summed E-state index contributed by atoms with van der Waals surface area (Å²) < 4.78 is 13.6. The van der Waals surface area contributed by atoms with E-state index in [2.05, 4.69) is 11.9 Å². The van der Waals surface area contributed by atoms with Crippen LogP contribution in [0.2, 0.25) is 5.02 Å². The molecule has 1 rings (SSSR count). The average molecular weight is 231 g/mol. The van der Waals surface area contributed by atoms with Crippen LogP contribution in [0.1, 0.15) is 27.2 Å². The van der Waals surface area contributed by atoms with Crippen LogP contribution in [0.15, 0.2) is 12.3 Å². The number of anilines is 1. The molecule has 0 aliphatic rings. The van der Waals surface area contributed by atoms with Crippen LogP contribution in [-0.4, -0.2) is 17.6 Å². The standard InChI is InChI=1S/C11H16ClFN2/c1-5-11(2,3)15(4)10-9(13)6-8(12)7-14-10/h6-7H,5H2,1-4H3. The molecular weight excluding hydrogens is 215 g/mol. The lowest BCUT2D eigenvalue weighted by Crippen LogP contribution is -2.41. The summed E-state index contributed by atoms with van der Waals surface area (Å²) in [5, 5.41) is 0.318. The highest BCUT2D eigenvalue weighted by atomic mass is 35.5. The third-order valence-corrected chi connectivity index (χ3v) is 3.09. The minimum atomic E-state index is -0.383. The molecule has 84 valence electrons. The molecule has 0 saturated heterocycles. The van der Waals surface area contributed by atoms with Crippen molar-refractivity contribution in [1.29, 1.82) is 0 Å². The topological polar surface area (TPSA) is 16.1 Å². The molecule has 0 atom stereocenters. The molecule has 2 nitrogen and oxygen atoms in total. The summed E-state index contributed by atoms with van der Waals surface area (Å²) in [6.45, 7) is 6.15. The quantitative estimate of drug-likeness (QED) is 0.790. The Kier molecular flexibility index (Phi) is 3.55. The lowest BCUT2D eigenvalue weighted by atomic mass is 10.00.